The number of allylic oxidation sites excluding steroid dienone is 1. The molecule has 0 spiro atoms. The van der Waals surface area contributed by atoms with Gasteiger partial charge in [-0.3, -0.25) is 4.79 Å². The van der Waals surface area contributed by atoms with Crippen LogP contribution in [0.4, 0.5) is 0 Å². The van der Waals surface area contributed by atoms with Crippen molar-refractivity contribution in [2.24, 2.45) is 0 Å². The topological polar surface area (TPSA) is 20.3 Å². The SMILES string of the molecule is Cc1ccc(C(=O)N(Cc2ccccc2)C2=Cc3cc(C)c(C)cc3CC2)cc1. The summed E-state index contributed by atoms with van der Waals surface area (Å²) >= 11 is 0. The van der Waals surface area contributed by atoms with E-state index in [0.29, 0.717) is 6.54 Å². The highest BCUT2D eigenvalue weighted by Crippen LogP contribution is 2.30. The third-order valence-corrected chi connectivity index (χ3v) is 5.80. The van der Waals surface area contributed by atoms with E-state index in [1.807, 2.05) is 54.3 Å². The molecule has 0 radical (unpaired) electrons. The summed E-state index contributed by atoms with van der Waals surface area (Å²) in [5.74, 6) is 0.0624. The first-order valence-corrected chi connectivity index (χ1v) is 10.2. The van der Waals surface area contributed by atoms with Crippen molar-refractivity contribution in [1.29, 1.82) is 0 Å². The number of benzene rings is 3. The van der Waals surface area contributed by atoms with Crippen LogP contribution in [-0.2, 0) is 13.0 Å². The lowest BCUT2D eigenvalue weighted by Gasteiger charge is -2.29. The van der Waals surface area contributed by atoms with Gasteiger partial charge in [-0.25, -0.2) is 0 Å². The maximum atomic E-state index is 13.5. The largest absolute Gasteiger partial charge is 0.308 e. The number of carbonyl (C=O) groups is 1. The van der Waals surface area contributed by atoms with E-state index in [2.05, 4.69) is 44.2 Å². The molecule has 0 fully saturated rings. The fourth-order valence-electron chi connectivity index (χ4n) is 3.90. The van der Waals surface area contributed by atoms with Gasteiger partial charge in [0.1, 0.15) is 0 Å². The Morgan fingerprint density at radius 2 is 1.55 bits per heavy atom. The summed E-state index contributed by atoms with van der Waals surface area (Å²) < 4.78 is 0. The fraction of sp³-hybridized carbons (Fsp3) is 0.222. The van der Waals surface area contributed by atoms with Crippen molar-refractivity contribution in [2.75, 3.05) is 0 Å². The third kappa shape index (κ3) is 4.17. The molecule has 3 aromatic carbocycles. The van der Waals surface area contributed by atoms with Crippen molar-refractivity contribution in [3.8, 4) is 0 Å². The van der Waals surface area contributed by atoms with Crippen molar-refractivity contribution >= 4 is 12.0 Å². The molecule has 146 valence electrons. The number of aryl methyl sites for hydroxylation is 4. The zero-order chi connectivity index (χ0) is 20.4. The Bertz CT molecular complexity index is 1060. The standard InChI is InChI=1S/C27H27NO/c1-19-9-11-23(12-10-19)27(29)28(18-22-7-5-4-6-8-22)26-14-13-24-15-20(2)21(3)16-25(24)17-26/h4-12,15-17H,13-14,18H2,1-3H3. The molecule has 29 heavy (non-hydrogen) atoms. The number of carbonyl (C=O) groups excluding carboxylic acids is 1. The van der Waals surface area contributed by atoms with Crippen molar-refractivity contribution < 1.29 is 4.79 Å². The molecule has 0 atom stereocenters. The fourth-order valence-corrected chi connectivity index (χ4v) is 3.90. The minimum Gasteiger partial charge on any atom is -0.308 e. The number of rotatable bonds is 4. The Labute approximate surface area is 173 Å². The number of nitrogens with zero attached hydrogens (tertiary/aromatic N) is 1. The van der Waals surface area contributed by atoms with E-state index in [1.165, 1.54) is 22.3 Å². The molecular weight excluding hydrogens is 354 g/mol. The lowest BCUT2D eigenvalue weighted by Crippen LogP contribution is -2.31. The molecule has 0 unspecified atom stereocenters. The first-order valence-electron chi connectivity index (χ1n) is 10.2. The molecule has 2 heteroatoms. The lowest BCUT2D eigenvalue weighted by atomic mass is 9.91. The minimum atomic E-state index is 0.0624. The van der Waals surface area contributed by atoms with Crippen LogP contribution < -0.4 is 0 Å². The molecule has 1 amide bonds. The Morgan fingerprint density at radius 3 is 2.28 bits per heavy atom. The van der Waals surface area contributed by atoms with Gasteiger partial charge in [0.25, 0.3) is 5.91 Å². The van der Waals surface area contributed by atoms with Crippen molar-refractivity contribution in [3.05, 3.63) is 111 Å². The molecule has 0 aliphatic heterocycles. The number of hydrogen-bond acceptors (Lipinski definition) is 1. The van der Waals surface area contributed by atoms with Gasteiger partial charge >= 0.3 is 0 Å². The first kappa shape index (κ1) is 19.2. The number of hydrogen-bond donors (Lipinski definition) is 0. The van der Waals surface area contributed by atoms with Crippen LogP contribution in [-0.4, -0.2) is 10.8 Å². The monoisotopic (exact) mass is 381 g/mol. The quantitative estimate of drug-likeness (QED) is 0.524. The van der Waals surface area contributed by atoms with Crippen molar-refractivity contribution in [2.45, 2.75) is 40.2 Å². The van der Waals surface area contributed by atoms with E-state index in [0.717, 1.165) is 35.2 Å². The zero-order valence-corrected chi connectivity index (χ0v) is 17.4. The molecular formula is C27H27NO. The molecule has 3 aromatic rings. The molecule has 0 saturated heterocycles. The summed E-state index contributed by atoms with van der Waals surface area (Å²) in [6.45, 7) is 6.94. The smallest absolute Gasteiger partial charge is 0.258 e. The Balaban J connectivity index is 1.73. The normalized spacial score (nSPS) is 12.9. The van der Waals surface area contributed by atoms with Gasteiger partial charge < -0.3 is 4.90 Å². The summed E-state index contributed by atoms with van der Waals surface area (Å²) in [4.78, 5) is 15.4. The Kier molecular flexibility index (Phi) is 5.35. The summed E-state index contributed by atoms with van der Waals surface area (Å²) in [6.07, 6.45) is 4.05. The van der Waals surface area contributed by atoms with Crippen LogP contribution in [0.15, 0.2) is 72.4 Å². The van der Waals surface area contributed by atoms with Crippen LogP contribution in [0.25, 0.3) is 6.08 Å². The molecule has 1 aliphatic carbocycles. The molecule has 0 N–H and O–H groups in total. The molecule has 2 nitrogen and oxygen atoms in total. The number of amides is 1. The van der Waals surface area contributed by atoms with E-state index < -0.39 is 0 Å². The summed E-state index contributed by atoms with van der Waals surface area (Å²) in [5.41, 5.74) is 9.36. The molecule has 1 aliphatic rings. The second-order valence-corrected chi connectivity index (χ2v) is 8.01. The van der Waals surface area contributed by atoms with E-state index in [9.17, 15) is 4.79 Å². The van der Waals surface area contributed by atoms with Crippen LogP contribution in [0.5, 0.6) is 0 Å². The van der Waals surface area contributed by atoms with Crippen molar-refractivity contribution in [3.63, 3.8) is 0 Å². The average Bonchev–Trinajstić information content (AvgIpc) is 2.73. The van der Waals surface area contributed by atoms with E-state index >= 15 is 0 Å². The van der Waals surface area contributed by atoms with Gasteiger partial charge in [-0.1, -0.05) is 60.2 Å². The summed E-state index contributed by atoms with van der Waals surface area (Å²) in [6, 6.07) is 22.6. The van der Waals surface area contributed by atoms with E-state index in [-0.39, 0.29) is 5.91 Å². The van der Waals surface area contributed by atoms with E-state index in [4.69, 9.17) is 0 Å². The van der Waals surface area contributed by atoms with Gasteiger partial charge in [-0.15, -0.1) is 0 Å². The van der Waals surface area contributed by atoms with Crippen LogP contribution in [0.3, 0.4) is 0 Å². The van der Waals surface area contributed by atoms with Gasteiger partial charge in [0.05, 0.1) is 6.54 Å². The van der Waals surface area contributed by atoms with Gasteiger partial charge in [-0.05, 0) is 79.6 Å². The predicted octanol–water partition coefficient (Wildman–Crippen LogP) is 6.24. The van der Waals surface area contributed by atoms with Crippen molar-refractivity contribution in [1.82, 2.24) is 4.90 Å². The van der Waals surface area contributed by atoms with Crippen LogP contribution in [0.2, 0.25) is 0 Å². The summed E-state index contributed by atoms with van der Waals surface area (Å²) in [7, 11) is 0. The molecule has 0 saturated carbocycles. The maximum Gasteiger partial charge on any atom is 0.258 e. The highest BCUT2D eigenvalue weighted by Gasteiger charge is 2.23. The van der Waals surface area contributed by atoms with E-state index in [1.54, 1.807) is 0 Å². The highest BCUT2D eigenvalue weighted by molar-refractivity contribution is 5.96. The van der Waals surface area contributed by atoms with Crippen LogP contribution >= 0.6 is 0 Å². The Morgan fingerprint density at radius 1 is 0.862 bits per heavy atom. The Hall–Kier alpha value is -3.13. The molecule has 0 aromatic heterocycles. The zero-order valence-electron chi connectivity index (χ0n) is 17.4. The second-order valence-electron chi connectivity index (χ2n) is 8.01. The van der Waals surface area contributed by atoms with Gasteiger partial charge in [0.2, 0.25) is 0 Å². The molecule has 0 bridgehead atoms. The number of fused-ring (bicyclic) bond motifs is 1. The van der Waals surface area contributed by atoms with Crippen LogP contribution in [0, 0.1) is 20.8 Å². The average molecular weight is 382 g/mol. The predicted molar refractivity (Wildman–Crippen MR) is 120 cm³/mol. The van der Waals surface area contributed by atoms with Gasteiger partial charge in [-0.2, -0.15) is 0 Å². The third-order valence-electron chi connectivity index (χ3n) is 5.80. The second kappa shape index (κ2) is 8.08. The molecule has 0 heterocycles. The highest BCUT2D eigenvalue weighted by atomic mass is 16.2. The first-order chi connectivity index (χ1) is 14.0. The van der Waals surface area contributed by atoms with Gasteiger partial charge in [0, 0.05) is 11.3 Å². The lowest BCUT2D eigenvalue weighted by molar-refractivity contribution is 0.0792. The molecule has 4 rings (SSSR count). The van der Waals surface area contributed by atoms with Gasteiger partial charge in [0.15, 0.2) is 0 Å². The summed E-state index contributed by atoms with van der Waals surface area (Å²) in [5, 5.41) is 0. The maximum absolute atomic E-state index is 13.5. The van der Waals surface area contributed by atoms with Crippen LogP contribution in [0.1, 0.15) is 50.2 Å². The minimum absolute atomic E-state index is 0.0624.